The minimum Gasteiger partial charge on any atom is -0.508 e. The Kier molecular flexibility index (Phi) is 6.55. The third kappa shape index (κ3) is 4.12. The van der Waals surface area contributed by atoms with Crippen LogP contribution in [0.4, 0.5) is 0 Å². The Labute approximate surface area is 191 Å². The van der Waals surface area contributed by atoms with Gasteiger partial charge in [-0.05, 0) is 60.2 Å². The van der Waals surface area contributed by atoms with Gasteiger partial charge in [-0.25, -0.2) is 0 Å². The van der Waals surface area contributed by atoms with Gasteiger partial charge in [0, 0.05) is 22.5 Å². The predicted octanol–water partition coefficient (Wildman–Crippen LogP) is 7.65. The van der Waals surface area contributed by atoms with Crippen LogP contribution in [0, 0.1) is 6.92 Å². The zero-order valence-corrected chi connectivity index (χ0v) is 19.3. The Bertz CT molecular complexity index is 1170. The third-order valence-electron chi connectivity index (χ3n) is 6.52. The van der Waals surface area contributed by atoms with Gasteiger partial charge in [0.2, 0.25) is 0 Å². The van der Waals surface area contributed by atoms with Crippen molar-refractivity contribution in [1.82, 2.24) is 4.98 Å². The second-order valence-electron chi connectivity index (χ2n) is 8.74. The van der Waals surface area contributed by atoms with Crippen LogP contribution in [0.1, 0.15) is 61.8 Å². The minimum absolute atomic E-state index is 0.146. The molecule has 0 saturated heterocycles. The molecule has 3 heteroatoms. The molecule has 3 nitrogen and oxygen atoms in total. The summed E-state index contributed by atoms with van der Waals surface area (Å²) in [6.07, 6.45) is 6.38. The van der Waals surface area contributed by atoms with Crippen molar-refractivity contribution >= 4 is 10.9 Å². The molecule has 32 heavy (non-hydrogen) atoms. The minimum atomic E-state index is -0.146. The van der Waals surface area contributed by atoms with Crippen molar-refractivity contribution in [3.8, 4) is 11.5 Å². The summed E-state index contributed by atoms with van der Waals surface area (Å²) in [5.41, 5.74) is 5.56. The van der Waals surface area contributed by atoms with E-state index >= 15 is 0 Å². The van der Waals surface area contributed by atoms with Crippen LogP contribution in [0.2, 0.25) is 0 Å². The topological polar surface area (TPSA) is 45.2 Å². The number of rotatable bonds is 9. The fraction of sp³-hybridized carbons (Fsp3) is 0.310. The molecule has 166 valence electrons. The molecule has 0 aliphatic carbocycles. The molecule has 0 spiro atoms. The number of hydrogen-bond donors (Lipinski definition) is 2. The Morgan fingerprint density at radius 3 is 2.34 bits per heavy atom. The van der Waals surface area contributed by atoms with Gasteiger partial charge in [-0.3, -0.25) is 0 Å². The molecule has 4 aromatic rings. The average Bonchev–Trinajstić information content (AvgIpc) is 3.25. The number of ether oxygens (including phenoxy) is 1. The number of hydrogen-bond acceptors (Lipinski definition) is 2. The summed E-state index contributed by atoms with van der Waals surface area (Å²) in [5, 5.41) is 11.3. The summed E-state index contributed by atoms with van der Waals surface area (Å²) < 4.78 is 6.37. The maximum atomic E-state index is 10.2. The second kappa shape index (κ2) is 9.52. The molecular formula is C29H33NO2. The standard InChI is InChI=1S/C29H33NO2/c1-4-16-29(17-5-2,23-14-15-26(31)21(3)18-23)24-19-30-25-12-9-13-27(28(24)25)32-20-22-10-7-6-8-11-22/h6-15,18-19,30-31H,4-5,16-17,20H2,1-3H3. The van der Waals surface area contributed by atoms with Crippen LogP contribution in [0.5, 0.6) is 11.5 Å². The summed E-state index contributed by atoms with van der Waals surface area (Å²) in [4.78, 5) is 3.52. The summed E-state index contributed by atoms with van der Waals surface area (Å²) >= 11 is 0. The quantitative estimate of drug-likeness (QED) is 0.288. The number of nitrogens with one attached hydrogen (secondary N) is 1. The highest BCUT2D eigenvalue weighted by Gasteiger charge is 2.36. The largest absolute Gasteiger partial charge is 0.508 e. The Morgan fingerprint density at radius 2 is 1.66 bits per heavy atom. The maximum absolute atomic E-state index is 10.2. The summed E-state index contributed by atoms with van der Waals surface area (Å²) in [6, 6.07) is 22.6. The van der Waals surface area contributed by atoms with Crippen LogP contribution in [-0.4, -0.2) is 10.1 Å². The van der Waals surface area contributed by atoms with E-state index in [0.29, 0.717) is 12.4 Å². The third-order valence-corrected chi connectivity index (χ3v) is 6.52. The molecule has 1 aromatic heterocycles. The molecule has 0 unspecified atom stereocenters. The lowest BCUT2D eigenvalue weighted by Gasteiger charge is -2.35. The molecule has 0 bridgehead atoms. The zero-order chi connectivity index (χ0) is 22.6. The molecule has 0 aliphatic rings. The first-order valence-corrected chi connectivity index (χ1v) is 11.7. The van der Waals surface area contributed by atoms with Gasteiger partial charge >= 0.3 is 0 Å². The van der Waals surface area contributed by atoms with E-state index in [1.54, 1.807) is 0 Å². The van der Waals surface area contributed by atoms with Gasteiger partial charge in [0.1, 0.15) is 18.1 Å². The van der Waals surface area contributed by atoms with Crippen molar-refractivity contribution in [3.05, 3.63) is 95.2 Å². The van der Waals surface area contributed by atoms with Crippen LogP contribution >= 0.6 is 0 Å². The SMILES string of the molecule is CCCC(CCC)(c1ccc(O)c(C)c1)c1c[nH]c2cccc(OCc3ccccc3)c12. The Balaban J connectivity index is 1.86. The lowest BCUT2D eigenvalue weighted by Crippen LogP contribution is -2.27. The van der Waals surface area contributed by atoms with Gasteiger partial charge in [0.25, 0.3) is 0 Å². The van der Waals surface area contributed by atoms with E-state index in [9.17, 15) is 5.11 Å². The van der Waals surface area contributed by atoms with Crippen molar-refractivity contribution in [3.63, 3.8) is 0 Å². The molecule has 0 saturated carbocycles. The molecular weight excluding hydrogens is 394 g/mol. The first-order valence-electron chi connectivity index (χ1n) is 11.7. The van der Waals surface area contributed by atoms with Gasteiger partial charge < -0.3 is 14.8 Å². The van der Waals surface area contributed by atoms with Crippen LogP contribution in [0.25, 0.3) is 10.9 Å². The van der Waals surface area contributed by atoms with E-state index in [-0.39, 0.29) is 5.41 Å². The van der Waals surface area contributed by atoms with Crippen molar-refractivity contribution in [1.29, 1.82) is 0 Å². The number of benzene rings is 3. The molecule has 3 aromatic carbocycles. The normalized spacial score (nSPS) is 11.7. The highest BCUT2D eigenvalue weighted by molar-refractivity contribution is 5.91. The number of phenols is 1. The number of aromatic amines is 1. The first kappa shape index (κ1) is 22.0. The predicted molar refractivity (Wildman–Crippen MR) is 133 cm³/mol. The molecule has 0 aliphatic heterocycles. The smallest absolute Gasteiger partial charge is 0.129 e. The van der Waals surface area contributed by atoms with Gasteiger partial charge in [-0.15, -0.1) is 0 Å². The van der Waals surface area contributed by atoms with Gasteiger partial charge in [-0.1, -0.05) is 75.2 Å². The van der Waals surface area contributed by atoms with Crippen molar-refractivity contribution < 1.29 is 9.84 Å². The average molecular weight is 428 g/mol. The van der Waals surface area contributed by atoms with E-state index in [4.69, 9.17) is 4.74 Å². The molecule has 0 amide bonds. The van der Waals surface area contributed by atoms with Crippen molar-refractivity contribution in [2.24, 2.45) is 0 Å². The first-order chi connectivity index (χ1) is 15.6. The van der Waals surface area contributed by atoms with Crippen LogP contribution in [0.15, 0.2) is 72.9 Å². The van der Waals surface area contributed by atoms with Crippen LogP contribution < -0.4 is 4.74 Å². The Morgan fingerprint density at radius 1 is 0.906 bits per heavy atom. The van der Waals surface area contributed by atoms with Crippen LogP contribution in [0.3, 0.4) is 0 Å². The fourth-order valence-corrected chi connectivity index (χ4v) is 5.03. The van der Waals surface area contributed by atoms with Gasteiger partial charge in [0.15, 0.2) is 0 Å². The maximum Gasteiger partial charge on any atom is 0.129 e. The molecule has 1 heterocycles. The highest BCUT2D eigenvalue weighted by Crippen LogP contribution is 2.47. The highest BCUT2D eigenvalue weighted by atomic mass is 16.5. The number of aryl methyl sites for hydroxylation is 1. The summed E-state index contributed by atoms with van der Waals surface area (Å²) in [6.45, 7) is 7.02. The summed E-state index contributed by atoms with van der Waals surface area (Å²) in [5.74, 6) is 1.26. The monoisotopic (exact) mass is 427 g/mol. The molecule has 0 fully saturated rings. The lowest BCUT2D eigenvalue weighted by molar-refractivity contribution is 0.309. The zero-order valence-electron chi connectivity index (χ0n) is 19.3. The molecule has 0 radical (unpaired) electrons. The lowest BCUT2D eigenvalue weighted by atomic mass is 9.68. The van der Waals surface area contributed by atoms with Crippen molar-refractivity contribution in [2.75, 3.05) is 0 Å². The van der Waals surface area contributed by atoms with E-state index in [0.717, 1.165) is 53.5 Å². The summed E-state index contributed by atoms with van der Waals surface area (Å²) in [7, 11) is 0. The van der Waals surface area contributed by atoms with Gasteiger partial charge in [0.05, 0.1) is 0 Å². The second-order valence-corrected chi connectivity index (χ2v) is 8.74. The fourth-order valence-electron chi connectivity index (χ4n) is 5.03. The number of aromatic nitrogens is 1. The molecule has 0 atom stereocenters. The molecule has 2 N–H and O–H groups in total. The van der Waals surface area contributed by atoms with E-state index in [1.807, 2.05) is 31.2 Å². The van der Waals surface area contributed by atoms with Crippen LogP contribution in [-0.2, 0) is 12.0 Å². The van der Waals surface area contributed by atoms with E-state index in [1.165, 1.54) is 11.1 Å². The number of fused-ring (bicyclic) bond motifs is 1. The van der Waals surface area contributed by atoms with Crippen molar-refractivity contribution in [2.45, 2.75) is 58.5 Å². The number of H-pyrrole nitrogens is 1. The van der Waals surface area contributed by atoms with E-state index < -0.39 is 0 Å². The van der Waals surface area contributed by atoms with E-state index in [2.05, 4.69) is 67.5 Å². The number of aromatic hydroxyl groups is 1. The molecule has 4 rings (SSSR count). The Hall–Kier alpha value is -3.20. The van der Waals surface area contributed by atoms with Gasteiger partial charge in [-0.2, -0.15) is 0 Å². The number of phenolic OH excluding ortho intramolecular Hbond substituents is 1.